The van der Waals surface area contributed by atoms with Crippen molar-refractivity contribution in [2.24, 2.45) is 0 Å². The first kappa shape index (κ1) is 19.3. The summed E-state index contributed by atoms with van der Waals surface area (Å²) in [5.41, 5.74) is 2.02. The van der Waals surface area contributed by atoms with Gasteiger partial charge in [0, 0.05) is 23.4 Å². The van der Waals surface area contributed by atoms with Gasteiger partial charge < -0.3 is 13.9 Å². The lowest BCUT2D eigenvalue weighted by molar-refractivity contribution is -0.140. The molecule has 0 unspecified atom stereocenters. The van der Waals surface area contributed by atoms with Gasteiger partial charge in [-0.25, -0.2) is 0 Å². The van der Waals surface area contributed by atoms with Crippen molar-refractivity contribution in [2.45, 2.75) is 12.8 Å². The minimum absolute atomic E-state index is 0.117. The summed E-state index contributed by atoms with van der Waals surface area (Å²) >= 11 is 0. The number of ether oxygens (including phenoxy) is 2. The summed E-state index contributed by atoms with van der Waals surface area (Å²) < 4.78 is 17.4. The zero-order chi connectivity index (χ0) is 21.1. The number of benzene rings is 2. The zero-order valence-corrected chi connectivity index (χ0v) is 16.4. The maximum Gasteiger partial charge on any atom is 0.305 e. The quantitative estimate of drug-likeness (QED) is 0.340. The van der Waals surface area contributed by atoms with E-state index < -0.39 is 0 Å². The molecule has 0 radical (unpaired) electrons. The molecule has 0 aliphatic heterocycles. The lowest BCUT2D eigenvalue weighted by atomic mass is 9.99. The smallest absolute Gasteiger partial charge is 0.305 e. The fourth-order valence-corrected chi connectivity index (χ4v) is 3.28. The van der Waals surface area contributed by atoms with Crippen molar-refractivity contribution in [3.63, 3.8) is 0 Å². The van der Waals surface area contributed by atoms with Gasteiger partial charge in [0.1, 0.15) is 17.7 Å². The lowest BCUT2D eigenvalue weighted by Crippen LogP contribution is -2.10. The van der Waals surface area contributed by atoms with Gasteiger partial charge in [0.25, 0.3) is 0 Å². The predicted octanol–water partition coefficient (Wildman–Crippen LogP) is 2.75. The van der Waals surface area contributed by atoms with Gasteiger partial charge in [0.15, 0.2) is 5.76 Å². The number of hydrogen-bond donors (Lipinski definition) is 0. The van der Waals surface area contributed by atoms with Gasteiger partial charge in [0.05, 0.1) is 25.5 Å². The molecule has 0 aliphatic rings. The van der Waals surface area contributed by atoms with E-state index in [-0.39, 0.29) is 23.9 Å². The molecule has 0 N–H and O–H groups in total. The molecule has 2 heterocycles. The van der Waals surface area contributed by atoms with Crippen LogP contribution in [0, 0.1) is 0 Å². The molecule has 0 spiro atoms. The number of nitrogens with zero attached hydrogens (tertiary/aromatic N) is 4. The number of aryl methyl sites for hydroxylation is 1. The second-order valence-corrected chi connectivity index (χ2v) is 6.45. The molecule has 152 valence electrons. The number of carbonyl (C=O) groups excluding carboxylic acids is 2. The number of aromatic nitrogens is 4. The second kappa shape index (κ2) is 8.16. The van der Waals surface area contributed by atoms with Crippen LogP contribution >= 0.6 is 0 Å². The Balaban J connectivity index is 1.83. The number of hydrogen-bond acceptors (Lipinski definition) is 8. The molecule has 9 nitrogen and oxygen atoms in total. The van der Waals surface area contributed by atoms with Crippen molar-refractivity contribution < 1.29 is 23.5 Å². The fraction of sp³-hybridized carbons (Fsp3) is 0.190. The number of esters is 1. The average Bonchev–Trinajstić information content (AvgIpc) is 3.44. The number of carbonyl (C=O) groups is 2. The van der Waals surface area contributed by atoms with Crippen molar-refractivity contribution in [3.05, 3.63) is 65.7 Å². The van der Waals surface area contributed by atoms with Crippen molar-refractivity contribution in [3.8, 4) is 11.4 Å². The van der Waals surface area contributed by atoms with Crippen molar-refractivity contribution >= 4 is 22.7 Å². The highest BCUT2D eigenvalue weighted by Gasteiger charge is 2.25. The third-order valence-electron chi connectivity index (χ3n) is 4.76. The van der Waals surface area contributed by atoms with E-state index in [1.807, 2.05) is 6.07 Å². The Labute approximate surface area is 171 Å². The minimum atomic E-state index is -0.370. The number of para-hydroxylation sites is 1. The van der Waals surface area contributed by atoms with Gasteiger partial charge in [0.2, 0.25) is 5.78 Å². The third-order valence-corrected chi connectivity index (χ3v) is 4.76. The maximum absolute atomic E-state index is 13.5. The molecular formula is C21H18N4O5. The molecule has 4 rings (SSSR count). The Hall–Kier alpha value is -4.01. The van der Waals surface area contributed by atoms with E-state index in [4.69, 9.17) is 13.9 Å². The Morgan fingerprint density at radius 2 is 1.97 bits per heavy atom. The van der Waals surface area contributed by atoms with Crippen LogP contribution in [-0.2, 0) is 16.0 Å². The van der Waals surface area contributed by atoms with Crippen molar-refractivity contribution in [1.29, 1.82) is 0 Å². The highest BCUT2D eigenvalue weighted by atomic mass is 16.5. The Morgan fingerprint density at radius 3 is 2.70 bits per heavy atom. The second-order valence-electron chi connectivity index (χ2n) is 6.45. The van der Waals surface area contributed by atoms with E-state index >= 15 is 0 Å². The molecule has 30 heavy (non-hydrogen) atoms. The van der Waals surface area contributed by atoms with E-state index in [9.17, 15) is 9.59 Å². The number of tetrazole rings is 1. The number of fused-ring (bicyclic) bond motifs is 1. The SMILES string of the molecule is COC(=O)CCc1c(C(=O)c2ccccc2-n2cnnn2)oc2cc(OC)ccc12. The molecule has 0 aliphatic carbocycles. The maximum atomic E-state index is 13.5. The molecule has 0 saturated carbocycles. The van der Waals surface area contributed by atoms with Gasteiger partial charge in [-0.3, -0.25) is 9.59 Å². The van der Waals surface area contributed by atoms with E-state index in [0.717, 1.165) is 5.39 Å². The van der Waals surface area contributed by atoms with Crippen LogP contribution in [0.1, 0.15) is 28.1 Å². The van der Waals surface area contributed by atoms with Gasteiger partial charge in [-0.1, -0.05) is 12.1 Å². The first-order valence-electron chi connectivity index (χ1n) is 9.15. The zero-order valence-electron chi connectivity index (χ0n) is 16.4. The summed E-state index contributed by atoms with van der Waals surface area (Å²) in [5.74, 6) is 0.0491. The molecule has 2 aromatic carbocycles. The van der Waals surface area contributed by atoms with E-state index in [1.165, 1.54) is 18.1 Å². The molecule has 4 aromatic rings. The number of methoxy groups -OCH3 is 2. The molecular weight excluding hydrogens is 388 g/mol. The summed E-state index contributed by atoms with van der Waals surface area (Å²) in [7, 11) is 2.88. The largest absolute Gasteiger partial charge is 0.497 e. The molecule has 2 aromatic heterocycles. The molecule has 0 atom stereocenters. The Bertz CT molecular complexity index is 1210. The summed E-state index contributed by atoms with van der Waals surface area (Å²) in [5, 5.41) is 11.9. The third kappa shape index (κ3) is 3.52. The van der Waals surface area contributed by atoms with Crippen LogP contribution in [0.5, 0.6) is 5.75 Å². The van der Waals surface area contributed by atoms with Crippen LogP contribution < -0.4 is 4.74 Å². The Morgan fingerprint density at radius 1 is 1.13 bits per heavy atom. The van der Waals surface area contributed by atoms with Crippen molar-refractivity contribution in [1.82, 2.24) is 20.2 Å². The molecule has 0 fully saturated rings. The fourth-order valence-electron chi connectivity index (χ4n) is 3.28. The van der Waals surface area contributed by atoms with Gasteiger partial charge in [-0.05, 0) is 41.1 Å². The molecule has 9 heteroatoms. The standard InChI is InChI=1S/C21H18N4O5/c1-28-13-7-8-14-15(9-10-19(26)29-2)21(30-18(14)11-13)20(27)16-5-3-4-6-17(16)25-12-22-23-24-25/h3-8,11-12H,9-10H2,1-2H3. The van der Waals surface area contributed by atoms with Crippen molar-refractivity contribution in [2.75, 3.05) is 14.2 Å². The number of ketones is 1. The highest BCUT2D eigenvalue weighted by molar-refractivity contribution is 6.12. The molecule has 0 bridgehead atoms. The van der Waals surface area contributed by atoms with Crippen LogP contribution in [0.4, 0.5) is 0 Å². The van der Waals surface area contributed by atoms with Crippen LogP contribution in [0.2, 0.25) is 0 Å². The number of furan rings is 1. The van der Waals surface area contributed by atoms with Crippen LogP contribution in [0.15, 0.2) is 53.2 Å². The summed E-state index contributed by atoms with van der Waals surface area (Å²) in [6.07, 6.45) is 1.82. The normalized spacial score (nSPS) is 10.9. The van der Waals surface area contributed by atoms with Gasteiger partial charge >= 0.3 is 5.97 Å². The van der Waals surface area contributed by atoms with E-state index in [0.29, 0.717) is 34.6 Å². The predicted molar refractivity (Wildman–Crippen MR) is 106 cm³/mol. The summed E-state index contributed by atoms with van der Waals surface area (Å²) in [6.45, 7) is 0. The first-order valence-corrected chi connectivity index (χ1v) is 9.15. The molecule has 0 amide bonds. The van der Waals surface area contributed by atoms with Crippen LogP contribution in [0.25, 0.3) is 16.7 Å². The van der Waals surface area contributed by atoms with E-state index in [2.05, 4.69) is 15.5 Å². The topological polar surface area (TPSA) is 109 Å². The van der Waals surface area contributed by atoms with Crippen LogP contribution in [0.3, 0.4) is 0 Å². The average molecular weight is 406 g/mol. The number of rotatable bonds is 7. The van der Waals surface area contributed by atoms with Crippen LogP contribution in [-0.4, -0.2) is 46.2 Å². The monoisotopic (exact) mass is 406 g/mol. The highest BCUT2D eigenvalue weighted by Crippen LogP contribution is 2.32. The first-order chi connectivity index (χ1) is 14.6. The molecule has 0 saturated heterocycles. The summed E-state index contributed by atoms with van der Waals surface area (Å²) in [4.78, 5) is 25.2. The van der Waals surface area contributed by atoms with Gasteiger partial charge in [-0.15, -0.1) is 5.10 Å². The van der Waals surface area contributed by atoms with Gasteiger partial charge in [-0.2, -0.15) is 4.68 Å². The Kier molecular flexibility index (Phi) is 5.25. The summed E-state index contributed by atoms with van der Waals surface area (Å²) in [6, 6.07) is 12.3. The van der Waals surface area contributed by atoms with E-state index in [1.54, 1.807) is 43.5 Å². The lowest BCUT2D eigenvalue weighted by Gasteiger charge is -2.07. The minimum Gasteiger partial charge on any atom is -0.497 e.